The number of nitrogens with one attached hydrogen (secondary N) is 1. The highest BCUT2D eigenvalue weighted by molar-refractivity contribution is 9.10. The predicted octanol–water partition coefficient (Wildman–Crippen LogP) is 0.986. The Kier molecular flexibility index (Phi) is 4.72. The maximum absolute atomic E-state index is 12.4. The Bertz CT molecular complexity index is 932. The molecule has 24 heavy (non-hydrogen) atoms. The summed E-state index contributed by atoms with van der Waals surface area (Å²) in [5.41, 5.74) is 0.676. The second-order valence-electron chi connectivity index (χ2n) is 5.06. The number of hydrogen-bond donors (Lipinski definition) is 2. The highest BCUT2D eigenvalue weighted by atomic mass is 79.9. The average molecular weight is 392 g/mol. The number of nitrogens with zero attached hydrogens (tertiary/aromatic N) is 4. The summed E-state index contributed by atoms with van der Waals surface area (Å²) in [7, 11) is 0. The van der Waals surface area contributed by atoms with Crippen LogP contribution in [-0.2, 0) is 17.9 Å². The van der Waals surface area contributed by atoms with E-state index in [2.05, 4.69) is 31.3 Å². The highest BCUT2D eigenvalue weighted by Crippen LogP contribution is 2.14. The number of carbonyl (C=O) groups excluding carboxylic acids is 1. The fourth-order valence-electron chi connectivity index (χ4n) is 2.26. The van der Waals surface area contributed by atoms with Gasteiger partial charge in [-0.15, -0.1) is 0 Å². The third kappa shape index (κ3) is 3.36. The first-order valence-corrected chi connectivity index (χ1v) is 7.95. The lowest BCUT2D eigenvalue weighted by molar-refractivity contribution is -0.116. The van der Waals surface area contributed by atoms with Crippen LogP contribution in [0.1, 0.15) is 0 Å². The van der Waals surface area contributed by atoms with Gasteiger partial charge in [0.1, 0.15) is 18.3 Å². The molecule has 0 saturated heterocycles. The van der Waals surface area contributed by atoms with Crippen molar-refractivity contribution in [2.24, 2.45) is 0 Å². The van der Waals surface area contributed by atoms with Gasteiger partial charge in [-0.3, -0.25) is 14.2 Å². The van der Waals surface area contributed by atoms with Crippen molar-refractivity contribution in [3.8, 4) is 0 Å². The van der Waals surface area contributed by atoms with Gasteiger partial charge in [-0.25, -0.2) is 9.67 Å². The summed E-state index contributed by atoms with van der Waals surface area (Å²) in [5.74, 6) is -0.330. The number of aromatic nitrogens is 4. The molecule has 124 valence electrons. The van der Waals surface area contributed by atoms with Crippen LogP contribution in [0, 0.1) is 0 Å². The van der Waals surface area contributed by atoms with Gasteiger partial charge in [0.25, 0.3) is 5.56 Å². The third-order valence-electron chi connectivity index (χ3n) is 3.38. The largest absolute Gasteiger partial charge is 0.394 e. The molecule has 2 heterocycles. The van der Waals surface area contributed by atoms with Crippen LogP contribution >= 0.6 is 15.9 Å². The number of aliphatic hydroxyl groups excluding tert-OH is 1. The topological polar surface area (TPSA) is 102 Å². The van der Waals surface area contributed by atoms with Gasteiger partial charge in [-0.2, -0.15) is 5.10 Å². The maximum atomic E-state index is 12.4. The second-order valence-corrected chi connectivity index (χ2v) is 5.98. The minimum absolute atomic E-state index is 0.100. The van der Waals surface area contributed by atoms with Crippen LogP contribution < -0.4 is 10.9 Å². The molecule has 1 amide bonds. The number of fused-ring (bicyclic) bond motifs is 1. The fourth-order valence-corrected chi connectivity index (χ4v) is 2.52. The average Bonchev–Trinajstić information content (AvgIpc) is 2.97. The van der Waals surface area contributed by atoms with Crippen LogP contribution in [0.2, 0.25) is 0 Å². The molecule has 3 rings (SSSR count). The first-order valence-electron chi connectivity index (χ1n) is 7.15. The number of carbonyl (C=O) groups is 1. The summed E-state index contributed by atoms with van der Waals surface area (Å²) in [6, 6.07) is 7.13. The van der Waals surface area contributed by atoms with Crippen molar-refractivity contribution in [2.75, 3.05) is 11.9 Å². The van der Waals surface area contributed by atoms with Crippen molar-refractivity contribution >= 4 is 38.6 Å². The molecular weight excluding hydrogens is 378 g/mol. The molecule has 3 aromatic rings. The Labute approximate surface area is 144 Å². The normalized spacial score (nSPS) is 10.9. The van der Waals surface area contributed by atoms with E-state index < -0.39 is 0 Å². The molecule has 2 aromatic heterocycles. The molecule has 0 fully saturated rings. The molecule has 0 saturated carbocycles. The fraction of sp³-hybridized carbons (Fsp3) is 0.200. The molecule has 0 aliphatic carbocycles. The SMILES string of the molecule is O=C(Cn1cnc2c(cnn2CCO)c1=O)Nc1ccc(Br)cc1. The van der Waals surface area contributed by atoms with Crippen molar-refractivity contribution in [1.82, 2.24) is 19.3 Å². The summed E-state index contributed by atoms with van der Waals surface area (Å²) in [6.45, 7) is 0.00413. The first kappa shape index (κ1) is 16.3. The van der Waals surface area contributed by atoms with Gasteiger partial charge in [0.15, 0.2) is 5.65 Å². The first-order chi connectivity index (χ1) is 11.6. The number of rotatable bonds is 5. The number of hydrogen-bond acceptors (Lipinski definition) is 5. The smallest absolute Gasteiger partial charge is 0.264 e. The van der Waals surface area contributed by atoms with Crippen LogP contribution in [0.5, 0.6) is 0 Å². The lowest BCUT2D eigenvalue weighted by Gasteiger charge is -2.07. The summed E-state index contributed by atoms with van der Waals surface area (Å²) in [5, 5.41) is 16.0. The van der Waals surface area contributed by atoms with Crippen LogP contribution in [0.4, 0.5) is 5.69 Å². The van der Waals surface area contributed by atoms with E-state index in [1.54, 1.807) is 12.1 Å². The Balaban J connectivity index is 1.79. The van der Waals surface area contributed by atoms with Gasteiger partial charge in [-0.1, -0.05) is 15.9 Å². The van der Waals surface area contributed by atoms with Crippen LogP contribution in [-0.4, -0.2) is 37.0 Å². The molecule has 1 aromatic carbocycles. The van der Waals surface area contributed by atoms with E-state index in [1.165, 1.54) is 21.8 Å². The summed E-state index contributed by atoms with van der Waals surface area (Å²) < 4.78 is 3.58. The number of anilines is 1. The van der Waals surface area contributed by atoms with Crippen molar-refractivity contribution in [3.63, 3.8) is 0 Å². The number of amides is 1. The quantitative estimate of drug-likeness (QED) is 0.674. The number of aliphatic hydroxyl groups is 1. The summed E-state index contributed by atoms with van der Waals surface area (Å²) >= 11 is 3.32. The van der Waals surface area contributed by atoms with Crippen LogP contribution in [0.3, 0.4) is 0 Å². The zero-order valence-corrected chi connectivity index (χ0v) is 14.1. The van der Waals surface area contributed by atoms with E-state index in [9.17, 15) is 9.59 Å². The predicted molar refractivity (Wildman–Crippen MR) is 91.6 cm³/mol. The highest BCUT2D eigenvalue weighted by Gasteiger charge is 2.12. The van der Waals surface area contributed by atoms with Gasteiger partial charge in [0.2, 0.25) is 5.91 Å². The Hall–Kier alpha value is -2.52. The van der Waals surface area contributed by atoms with Crippen molar-refractivity contribution in [3.05, 3.63) is 51.6 Å². The van der Waals surface area contributed by atoms with E-state index >= 15 is 0 Å². The van der Waals surface area contributed by atoms with Crippen LogP contribution in [0.25, 0.3) is 11.0 Å². The molecule has 8 nitrogen and oxygen atoms in total. The van der Waals surface area contributed by atoms with E-state index in [0.29, 0.717) is 16.7 Å². The van der Waals surface area contributed by atoms with Gasteiger partial charge in [0, 0.05) is 10.2 Å². The van der Waals surface area contributed by atoms with Gasteiger partial charge < -0.3 is 10.4 Å². The molecule has 0 bridgehead atoms. The van der Waals surface area contributed by atoms with E-state index in [0.717, 1.165) is 4.47 Å². The standard InChI is InChI=1S/C15H14BrN5O3/c16-10-1-3-11(4-2-10)19-13(23)8-20-9-17-14-12(15(20)24)7-18-21(14)5-6-22/h1-4,7,9,22H,5-6,8H2,(H,19,23). The van der Waals surface area contributed by atoms with Crippen molar-refractivity contribution in [2.45, 2.75) is 13.1 Å². The molecule has 0 atom stereocenters. The zero-order chi connectivity index (χ0) is 17.1. The summed E-state index contributed by atoms with van der Waals surface area (Å²) in [4.78, 5) is 28.7. The molecular formula is C15H14BrN5O3. The molecule has 0 aliphatic rings. The lowest BCUT2D eigenvalue weighted by Crippen LogP contribution is -2.27. The number of halogens is 1. The molecule has 0 unspecified atom stereocenters. The van der Waals surface area contributed by atoms with Gasteiger partial charge in [-0.05, 0) is 24.3 Å². The lowest BCUT2D eigenvalue weighted by atomic mass is 10.3. The molecule has 2 N–H and O–H groups in total. The maximum Gasteiger partial charge on any atom is 0.264 e. The van der Waals surface area contributed by atoms with Crippen molar-refractivity contribution < 1.29 is 9.90 Å². The van der Waals surface area contributed by atoms with Gasteiger partial charge >= 0.3 is 0 Å². The molecule has 0 radical (unpaired) electrons. The van der Waals surface area contributed by atoms with E-state index in [4.69, 9.17) is 5.11 Å². The molecule has 0 spiro atoms. The zero-order valence-electron chi connectivity index (χ0n) is 12.5. The Morgan fingerprint density at radius 3 is 2.75 bits per heavy atom. The summed E-state index contributed by atoms with van der Waals surface area (Å²) in [6.07, 6.45) is 2.70. The molecule has 0 aliphatic heterocycles. The molecule has 9 heteroatoms. The number of benzene rings is 1. The Morgan fingerprint density at radius 2 is 2.04 bits per heavy atom. The monoisotopic (exact) mass is 391 g/mol. The van der Waals surface area contributed by atoms with Crippen molar-refractivity contribution in [1.29, 1.82) is 0 Å². The van der Waals surface area contributed by atoms with E-state index in [1.807, 2.05) is 12.1 Å². The van der Waals surface area contributed by atoms with Gasteiger partial charge in [0.05, 0.1) is 19.3 Å². The van der Waals surface area contributed by atoms with E-state index in [-0.39, 0.29) is 31.2 Å². The Morgan fingerprint density at radius 1 is 1.29 bits per heavy atom. The third-order valence-corrected chi connectivity index (χ3v) is 3.90. The minimum Gasteiger partial charge on any atom is -0.394 e. The minimum atomic E-state index is -0.352. The van der Waals surface area contributed by atoms with Crippen LogP contribution in [0.15, 0.2) is 46.1 Å². The second kappa shape index (κ2) is 6.93.